The zero-order valence-corrected chi connectivity index (χ0v) is 13.1. The molecule has 1 N–H and O–H groups in total. The molecule has 1 saturated carbocycles. The molecule has 2 rings (SSSR count). The largest absolute Gasteiger partial charge is 0.296 e. The first kappa shape index (κ1) is 15.5. The summed E-state index contributed by atoms with van der Waals surface area (Å²) in [4.78, 5) is 2.47. The molecule has 0 saturated heterocycles. The van der Waals surface area contributed by atoms with Crippen LogP contribution in [-0.4, -0.2) is 38.7 Å². The third-order valence-electron chi connectivity index (χ3n) is 3.56. The monoisotopic (exact) mass is 296 g/mol. The molecule has 0 heterocycles. The molecule has 5 heteroatoms. The number of hydrogen-bond acceptors (Lipinski definition) is 3. The Morgan fingerprint density at radius 3 is 2.45 bits per heavy atom. The summed E-state index contributed by atoms with van der Waals surface area (Å²) in [6, 6.07) is 9.34. The van der Waals surface area contributed by atoms with Gasteiger partial charge in [-0.3, -0.25) is 4.90 Å². The molecule has 0 atom stereocenters. The van der Waals surface area contributed by atoms with Crippen molar-refractivity contribution in [3.05, 3.63) is 35.4 Å². The van der Waals surface area contributed by atoms with Crippen LogP contribution in [0.3, 0.4) is 0 Å². The number of aryl methyl sites for hydroxylation is 1. The number of nitrogens with one attached hydrogen (secondary N) is 1. The molecule has 0 aliphatic heterocycles. The molecule has 1 aliphatic carbocycles. The topological polar surface area (TPSA) is 49.4 Å². The average molecular weight is 296 g/mol. The lowest BCUT2D eigenvalue weighted by Crippen LogP contribution is -2.30. The third-order valence-corrected chi connectivity index (χ3v) is 4.28. The predicted molar refractivity (Wildman–Crippen MR) is 82.1 cm³/mol. The number of sulfonamides is 1. The average Bonchev–Trinajstić information content (AvgIpc) is 3.18. The van der Waals surface area contributed by atoms with Crippen LogP contribution in [0.4, 0.5) is 0 Å². The van der Waals surface area contributed by atoms with Gasteiger partial charge in [-0.25, -0.2) is 13.1 Å². The molecule has 0 radical (unpaired) electrons. The van der Waals surface area contributed by atoms with Crippen LogP contribution in [-0.2, 0) is 16.6 Å². The van der Waals surface area contributed by atoms with Gasteiger partial charge in [0.25, 0.3) is 0 Å². The minimum atomic E-state index is -3.06. The fourth-order valence-corrected chi connectivity index (χ4v) is 2.81. The minimum Gasteiger partial charge on any atom is -0.296 e. The van der Waals surface area contributed by atoms with Gasteiger partial charge in [0.2, 0.25) is 10.0 Å². The summed E-state index contributed by atoms with van der Waals surface area (Å²) in [6.07, 6.45) is 4.60. The van der Waals surface area contributed by atoms with Crippen LogP contribution in [0, 0.1) is 6.92 Å². The van der Waals surface area contributed by atoms with Gasteiger partial charge < -0.3 is 0 Å². The van der Waals surface area contributed by atoms with Gasteiger partial charge in [0, 0.05) is 25.7 Å². The van der Waals surface area contributed by atoms with Crippen molar-refractivity contribution in [2.45, 2.75) is 38.8 Å². The Morgan fingerprint density at radius 1 is 1.25 bits per heavy atom. The summed E-state index contributed by atoms with van der Waals surface area (Å²) in [6.45, 7) is 4.53. The maximum absolute atomic E-state index is 11.0. The SMILES string of the molecule is Cc1ccc(CN(CCCNS(C)(=O)=O)C2CC2)cc1. The van der Waals surface area contributed by atoms with Crippen LogP contribution in [0.2, 0.25) is 0 Å². The van der Waals surface area contributed by atoms with Crippen molar-refractivity contribution in [1.82, 2.24) is 9.62 Å². The maximum atomic E-state index is 11.0. The van der Waals surface area contributed by atoms with Gasteiger partial charge in [-0.1, -0.05) is 29.8 Å². The van der Waals surface area contributed by atoms with Crippen molar-refractivity contribution < 1.29 is 8.42 Å². The van der Waals surface area contributed by atoms with Gasteiger partial charge in [-0.15, -0.1) is 0 Å². The molecule has 1 aliphatic rings. The highest BCUT2D eigenvalue weighted by Crippen LogP contribution is 2.28. The van der Waals surface area contributed by atoms with E-state index in [-0.39, 0.29) is 0 Å². The second-order valence-corrected chi connectivity index (χ2v) is 7.54. The third kappa shape index (κ3) is 5.61. The molecular formula is C15H24N2O2S. The van der Waals surface area contributed by atoms with Crippen LogP contribution in [0.5, 0.6) is 0 Å². The van der Waals surface area contributed by atoms with E-state index >= 15 is 0 Å². The summed E-state index contributed by atoms with van der Waals surface area (Å²) >= 11 is 0. The number of rotatable bonds is 8. The maximum Gasteiger partial charge on any atom is 0.208 e. The molecule has 112 valence electrons. The minimum absolute atomic E-state index is 0.524. The smallest absolute Gasteiger partial charge is 0.208 e. The predicted octanol–water partition coefficient (Wildman–Crippen LogP) is 1.90. The fraction of sp³-hybridized carbons (Fsp3) is 0.600. The summed E-state index contributed by atoms with van der Waals surface area (Å²) < 4.78 is 24.6. The van der Waals surface area contributed by atoms with Crippen LogP contribution in [0.25, 0.3) is 0 Å². The molecule has 0 bridgehead atoms. The Balaban J connectivity index is 1.80. The van der Waals surface area contributed by atoms with Crippen molar-refractivity contribution in [2.75, 3.05) is 19.3 Å². The zero-order chi connectivity index (χ0) is 14.6. The molecule has 0 spiro atoms. The lowest BCUT2D eigenvalue weighted by Gasteiger charge is -2.22. The van der Waals surface area contributed by atoms with E-state index in [1.807, 2.05) is 0 Å². The molecule has 1 fully saturated rings. The van der Waals surface area contributed by atoms with E-state index < -0.39 is 10.0 Å². The van der Waals surface area contributed by atoms with Gasteiger partial charge in [0.1, 0.15) is 0 Å². The summed E-state index contributed by atoms with van der Waals surface area (Å²) in [5.74, 6) is 0. The normalized spacial score (nSPS) is 15.8. The van der Waals surface area contributed by atoms with Gasteiger partial charge in [-0.05, 0) is 31.7 Å². The number of benzene rings is 1. The van der Waals surface area contributed by atoms with E-state index in [4.69, 9.17) is 0 Å². The fourth-order valence-electron chi connectivity index (χ4n) is 2.30. The van der Waals surface area contributed by atoms with Crippen LogP contribution in [0.1, 0.15) is 30.4 Å². The zero-order valence-electron chi connectivity index (χ0n) is 12.3. The quantitative estimate of drug-likeness (QED) is 0.745. The standard InChI is InChI=1S/C15H24N2O2S/c1-13-4-6-14(7-5-13)12-17(15-8-9-15)11-3-10-16-20(2,18)19/h4-7,15-16H,3,8-12H2,1-2H3. The van der Waals surface area contributed by atoms with E-state index in [1.165, 1.54) is 30.2 Å². The molecule has 4 nitrogen and oxygen atoms in total. The van der Waals surface area contributed by atoms with Crippen molar-refractivity contribution >= 4 is 10.0 Å². The molecular weight excluding hydrogens is 272 g/mol. The van der Waals surface area contributed by atoms with E-state index in [1.54, 1.807) is 0 Å². The Labute approximate surface area is 122 Å². The van der Waals surface area contributed by atoms with Crippen LogP contribution >= 0.6 is 0 Å². The van der Waals surface area contributed by atoms with Crippen LogP contribution in [0.15, 0.2) is 24.3 Å². The first-order valence-electron chi connectivity index (χ1n) is 7.18. The molecule has 0 amide bonds. The molecule has 0 aromatic heterocycles. The number of hydrogen-bond donors (Lipinski definition) is 1. The first-order valence-corrected chi connectivity index (χ1v) is 9.07. The van der Waals surface area contributed by atoms with E-state index in [0.29, 0.717) is 12.6 Å². The molecule has 1 aromatic carbocycles. The van der Waals surface area contributed by atoms with Crippen molar-refractivity contribution in [2.24, 2.45) is 0 Å². The second-order valence-electron chi connectivity index (χ2n) is 5.71. The van der Waals surface area contributed by atoms with Crippen molar-refractivity contribution in [3.63, 3.8) is 0 Å². The summed E-state index contributed by atoms with van der Waals surface area (Å²) in [5.41, 5.74) is 2.61. The highest BCUT2D eigenvalue weighted by Gasteiger charge is 2.28. The summed E-state index contributed by atoms with van der Waals surface area (Å²) in [5, 5.41) is 0. The summed E-state index contributed by atoms with van der Waals surface area (Å²) in [7, 11) is -3.06. The number of nitrogens with zero attached hydrogens (tertiary/aromatic N) is 1. The highest BCUT2D eigenvalue weighted by molar-refractivity contribution is 7.88. The van der Waals surface area contributed by atoms with Crippen molar-refractivity contribution in [1.29, 1.82) is 0 Å². The lowest BCUT2D eigenvalue weighted by atomic mass is 10.1. The van der Waals surface area contributed by atoms with E-state index in [0.717, 1.165) is 19.5 Å². The Bertz CT molecular complexity index is 521. The Hall–Kier alpha value is -0.910. The van der Waals surface area contributed by atoms with Gasteiger partial charge in [-0.2, -0.15) is 0 Å². The Morgan fingerprint density at radius 2 is 1.90 bits per heavy atom. The molecule has 1 aromatic rings. The van der Waals surface area contributed by atoms with E-state index in [9.17, 15) is 8.42 Å². The lowest BCUT2D eigenvalue weighted by molar-refractivity contribution is 0.252. The van der Waals surface area contributed by atoms with Crippen molar-refractivity contribution in [3.8, 4) is 0 Å². The van der Waals surface area contributed by atoms with Gasteiger partial charge >= 0.3 is 0 Å². The molecule has 0 unspecified atom stereocenters. The second kappa shape index (κ2) is 6.70. The van der Waals surface area contributed by atoms with Gasteiger partial charge in [0.15, 0.2) is 0 Å². The molecule has 20 heavy (non-hydrogen) atoms. The highest BCUT2D eigenvalue weighted by atomic mass is 32.2. The van der Waals surface area contributed by atoms with Crippen LogP contribution < -0.4 is 4.72 Å². The first-order chi connectivity index (χ1) is 9.44. The Kier molecular flexibility index (Phi) is 5.18. The van der Waals surface area contributed by atoms with E-state index in [2.05, 4.69) is 40.8 Å². The van der Waals surface area contributed by atoms with Gasteiger partial charge in [0.05, 0.1) is 6.26 Å².